The number of carbonyl (C=O) groups is 2. The Bertz CT molecular complexity index is 1040. The maximum Gasteiger partial charge on any atom is 0.261 e. The third-order valence-corrected chi connectivity index (χ3v) is 5.73. The lowest BCUT2D eigenvalue weighted by molar-refractivity contribution is -0.143. The minimum atomic E-state index is -0.201. The summed E-state index contributed by atoms with van der Waals surface area (Å²) in [5, 5.41) is 0.601. The largest absolute Gasteiger partial charge is 0.484 e. The quantitative estimate of drug-likeness (QED) is 0.465. The topological polar surface area (TPSA) is 67.9 Å². The highest BCUT2D eigenvalue weighted by Crippen LogP contribution is 2.27. The maximum absolute atomic E-state index is 13.3. The minimum absolute atomic E-state index is 0.0125. The van der Waals surface area contributed by atoms with Gasteiger partial charge >= 0.3 is 0 Å². The van der Waals surface area contributed by atoms with E-state index in [0.29, 0.717) is 29.6 Å². The first-order chi connectivity index (χ1) is 15.5. The lowest BCUT2D eigenvalue weighted by Crippen LogP contribution is -2.45. The van der Waals surface area contributed by atoms with Crippen molar-refractivity contribution in [1.29, 1.82) is 0 Å². The number of hydrogen-bond donors (Lipinski definition) is 0. The number of nitrogens with zero attached hydrogens (tertiary/aromatic N) is 3. The first kappa shape index (κ1) is 22.0. The summed E-state index contributed by atoms with van der Waals surface area (Å²) >= 11 is 5.89. The smallest absolute Gasteiger partial charge is 0.261 e. The Morgan fingerprint density at radius 3 is 2.50 bits per heavy atom. The van der Waals surface area contributed by atoms with Gasteiger partial charge in [-0.3, -0.25) is 9.59 Å². The molecule has 0 unspecified atom stereocenters. The van der Waals surface area contributed by atoms with Crippen molar-refractivity contribution in [2.75, 3.05) is 13.2 Å². The van der Waals surface area contributed by atoms with Gasteiger partial charge in [-0.05, 0) is 61.4 Å². The summed E-state index contributed by atoms with van der Waals surface area (Å²) in [5.74, 6) is 0.929. The predicted octanol–water partition coefficient (Wildman–Crippen LogP) is 3.87. The number of halogens is 1. The van der Waals surface area contributed by atoms with Crippen molar-refractivity contribution in [3.8, 4) is 5.75 Å². The van der Waals surface area contributed by atoms with E-state index in [-0.39, 0.29) is 31.0 Å². The van der Waals surface area contributed by atoms with E-state index in [4.69, 9.17) is 20.8 Å². The summed E-state index contributed by atoms with van der Waals surface area (Å²) in [6.45, 7) is 0.655. The summed E-state index contributed by atoms with van der Waals surface area (Å²) in [5.41, 5.74) is 1.00. The number of hydrogen-bond acceptors (Lipinski definition) is 4. The molecule has 0 aliphatic heterocycles. The first-order valence-corrected chi connectivity index (χ1v) is 11.0. The Balaban J connectivity index is 1.42. The fraction of sp³-hybridized carbons (Fsp3) is 0.333. The van der Waals surface area contributed by atoms with E-state index in [1.54, 1.807) is 46.4 Å². The number of benzene rings is 1. The van der Waals surface area contributed by atoms with Crippen LogP contribution < -0.4 is 4.74 Å². The van der Waals surface area contributed by atoms with Crippen molar-refractivity contribution in [3.63, 3.8) is 0 Å². The minimum Gasteiger partial charge on any atom is -0.484 e. The second-order valence-electron chi connectivity index (χ2n) is 7.94. The monoisotopic (exact) mass is 455 g/mol. The van der Waals surface area contributed by atoms with E-state index < -0.39 is 0 Å². The van der Waals surface area contributed by atoms with Crippen molar-refractivity contribution in [2.45, 2.75) is 32.0 Å². The molecule has 32 heavy (non-hydrogen) atoms. The fourth-order valence-electron chi connectivity index (χ4n) is 3.49. The molecule has 168 valence electrons. The maximum atomic E-state index is 13.3. The standard InChI is InChI=1S/C24H26ClN3O4/c1-26-12-2-4-20(26)14-27(15-22-5-3-13-31-22)23(29)16-28(19-8-9-19)24(30)17-32-21-10-6-18(25)7-11-21/h2-7,10-13,19H,8-9,14-17H2,1H3. The van der Waals surface area contributed by atoms with E-state index in [9.17, 15) is 9.59 Å². The van der Waals surface area contributed by atoms with Gasteiger partial charge in [0.25, 0.3) is 5.91 Å². The Morgan fingerprint density at radius 2 is 1.88 bits per heavy atom. The van der Waals surface area contributed by atoms with Gasteiger partial charge in [-0.2, -0.15) is 0 Å². The molecule has 1 aliphatic carbocycles. The Morgan fingerprint density at radius 1 is 1.09 bits per heavy atom. The van der Waals surface area contributed by atoms with Gasteiger partial charge in [0.15, 0.2) is 6.61 Å². The first-order valence-electron chi connectivity index (χ1n) is 10.6. The SMILES string of the molecule is Cn1cccc1CN(Cc1ccco1)C(=O)CN(C(=O)COc1ccc(Cl)cc1)C1CC1. The fourth-order valence-corrected chi connectivity index (χ4v) is 3.62. The van der Waals surface area contributed by atoms with Crippen LogP contribution >= 0.6 is 11.6 Å². The highest BCUT2D eigenvalue weighted by atomic mass is 35.5. The Kier molecular flexibility index (Phi) is 6.85. The van der Waals surface area contributed by atoms with Gasteiger partial charge in [-0.1, -0.05) is 11.6 Å². The van der Waals surface area contributed by atoms with E-state index in [1.165, 1.54) is 0 Å². The second kappa shape index (κ2) is 9.96. The van der Waals surface area contributed by atoms with Crippen LogP contribution in [0.15, 0.2) is 65.4 Å². The van der Waals surface area contributed by atoms with Crippen molar-refractivity contribution >= 4 is 23.4 Å². The summed E-state index contributed by atoms with van der Waals surface area (Å²) in [6.07, 6.45) is 5.33. The van der Waals surface area contributed by atoms with Crippen LogP contribution in [0.4, 0.5) is 0 Å². The molecule has 7 nitrogen and oxygen atoms in total. The predicted molar refractivity (Wildman–Crippen MR) is 120 cm³/mol. The average Bonchev–Trinajstić information content (AvgIpc) is 3.34. The third-order valence-electron chi connectivity index (χ3n) is 5.47. The number of amides is 2. The molecule has 0 N–H and O–H groups in total. The molecule has 2 aromatic heterocycles. The molecule has 1 saturated carbocycles. The van der Waals surface area contributed by atoms with Crippen molar-refractivity contribution in [1.82, 2.24) is 14.4 Å². The van der Waals surface area contributed by atoms with Crippen LogP contribution in [0.3, 0.4) is 0 Å². The Hall–Kier alpha value is -3.19. The zero-order chi connectivity index (χ0) is 22.5. The van der Waals surface area contributed by atoms with E-state index in [1.807, 2.05) is 36.0 Å². The molecule has 0 radical (unpaired) electrons. The van der Waals surface area contributed by atoms with Crippen molar-refractivity contribution < 1.29 is 18.7 Å². The van der Waals surface area contributed by atoms with Crippen LogP contribution in [0.25, 0.3) is 0 Å². The van der Waals surface area contributed by atoms with Crippen LogP contribution in [0.2, 0.25) is 5.02 Å². The number of aromatic nitrogens is 1. The zero-order valence-electron chi connectivity index (χ0n) is 17.9. The lowest BCUT2D eigenvalue weighted by Gasteiger charge is -2.27. The molecule has 4 rings (SSSR count). The molecule has 8 heteroatoms. The van der Waals surface area contributed by atoms with Crippen LogP contribution in [0.1, 0.15) is 24.3 Å². The summed E-state index contributed by atoms with van der Waals surface area (Å²) in [6, 6.07) is 14.5. The van der Waals surface area contributed by atoms with Crippen molar-refractivity contribution in [3.05, 3.63) is 77.5 Å². The number of rotatable bonds is 10. The molecule has 0 saturated heterocycles. The summed E-state index contributed by atoms with van der Waals surface area (Å²) in [7, 11) is 1.94. The molecule has 2 amide bonds. The zero-order valence-corrected chi connectivity index (χ0v) is 18.7. The highest BCUT2D eigenvalue weighted by Gasteiger charge is 2.35. The van der Waals surface area contributed by atoms with Crippen molar-refractivity contribution in [2.24, 2.45) is 7.05 Å². The van der Waals surface area contributed by atoms with Gasteiger partial charge in [0, 0.05) is 30.0 Å². The molecule has 0 spiro atoms. The van der Waals surface area contributed by atoms with E-state index in [2.05, 4.69) is 0 Å². The van der Waals surface area contributed by atoms with Gasteiger partial charge in [0.2, 0.25) is 5.91 Å². The molecule has 2 heterocycles. The van der Waals surface area contributed by atoms with Crippen LogP contribution in [-0.2, 0) is 29.7 Å². The van der Waals surface area contributed by atoms with Gasteiger partial charge in [-0.25, -0.2) is 0 Å². The van der Waals surface area contributed by atoms with Crippen LogP contribution in [-0.4, -0.2) is 45.4 Å². The molecule has 0 bridgehead atoms. The van der Waals surface area contributed by atoms with Gasteiger partial charge in [-0.15, -0.1) is 0 Å². The van der Waals surface area contributed by atoms with E-state index >= 15 is 0 Å². The van der Waals surface area contributed by atoms with Crippen LogP contribution in [0, 0.1) is 0 Å². The van der Waals surface area contributed by atoms with Gasteiger partial charge in [0.05, 0.1) is 19.4 Å². The van der Waals surface area contributed by atoms with Gasteiger partial charge < -0.3 is 23.5 Å². The Labute approximate surface area is 192 Å². The molecular formula is C24H26ClN3O4. The third kappa shape index (κ3) is 5.73. The molecule has 1 fully saturated rings. The van der Waals surface area contributed by atoms with E-state index in [0.717, 1.165) is 18.5 Å². The number of aryl methyl sites for hydroxylation is 1. The molecule has 1 aromatic carbocycles. The second-order valence-corrected chi connectivity index (χ2v) is 8.37. The molecule has 3 aromatic rings. The highest BCUT2D eigenvalue weighted by molar-refractivity contribution is 6.30. The number of furan rings is 1. The van der Waals surface area contributed by atoms with Gasteiger partial charge in [0.1, 0.15) is 18.1 Å². The summed E-state index contributed by atoms with van der Waals surface area (Å²) < 4.78 is 13.1. The summed E-state index contributed by atoms with van der Waals surface area (Å²) in [4.78, 5) is 29.5. The molecule has 1 aliphatic rings. The van der Waals surface area contributed by atoms with Crippen LogP contribution in [0.5, 0.6) is 5.75 Å². The number of carbonyl (C=O) groups excluding carboxylic acids is 2. The number of ether oxygens (including phenoxy) is 1. The molecular weight excluding hydrogens is 430 g/mol. The average molecular weight is 456 g/mol. The lowest BCUT2D eigenvalue weighted by atomic mass is 10.3. The normalized spacial score (nSPS) is 13.1. The molecule has 0 atom stereocenters.